The van der Waals surface area contributed by atoms with Crippen molar-refractivity contribution in [2.75, 3.05) is 13.6 Å². The van der Waals surface area contributed by atoms with E-state index in [-0.39, 0.29) is 16.1 Å². The Balaban J connectivity index is 2.18. The van der Waals surface area contributed by atoms with Crippen molar-refractivity contribution in [1.82, 2.24) is 5.32 Å². The molecule has 3 rings (SSSR count). The zero-order valence-electron chi connectivity index (χ0n) is 12.7. The number of nitrogens with one attached hydrogen (secondary N) is 1. The molecule has 0 fully saturated rings. The van der Waals surface area contributed by atoms with Crippen molar-refractivity contribution in [1.29, 1.82) is 0 Å². The van der Waals surface area contributed by atoms with Gasteiger partial charge in [0.25, 0.3) is 0 Å². The third-order valence-electron chi connectivity index (χ3n) is 3.90. The number of ether oxygens (including phenoxy) is 1. The van der Waals surface area contributed by atoms with Crippen LogP contribution in [-0.4, -0.2) is 19.7 Å². The maximum absolute atomic E-state index is 13.3. The molecule has 0 saturated heterocycles. The van der Waals surface area contributed by atoms with Gasteiger partial charge in [-0.2, -0.15) is 13.2 Å². The fourth-order valence-corrected chi connectivity index (χ4v) is 3.25. The number of benzene rings is 2. The first kappa shape index (κ1) is 17.4. The van der Waals surface area contributed by atoms with E-state index in [2.05, 4.69) is 5.32 Å². The van der Waals surface area contributed by atoms with Crippen molar-refractivity contribution in [3.05, 3.63) is 51.5 Å². The maximum Gasteiger partial charge on any atom is 0.416 e. The molecular formula is C17H14Cl2F3NO. The van der Waals surface area contributed by atoms with Crippen LogP contribution in [0.1, 0.15) is 11.1 Å². The number of likely N-dealkylation sites (N-methyl/N-ethyl adjacent to an activating group) is 1. The van der Waals surface area contributed by atoms with Crippen molar-refractivity contribution < 1.29 is 17.9 Å². The largest absolute Gasteiger partial charge is 0.488 e. The molecule has 1 heterocycles. The normalized spacial score (nSPS) is 16.8. The Bertz CT molecular complexity index is 777. The summed E-state index contributed by atoms with van der Waals surface area (Å²) in [5.74, 6) is 0.437. The summed E-state index contributed by atoms with van der Waals surface area (Å²) in [5.41, 5.74) is 0.541. The van der Waals surface area contributed by atoms with Crippen molar-refractivity contribution in [2.45, 2.75) is 18.7 Å². The molecule has 24 heavy (non-hydrogen) atoms. The van der Waals surface area contributed by atoms with E-state index in [1.165, 1.54) is 0 Å². The molecule has 1 aliphatic heterocycles. The molecule has 128 valence electrons. The Morgan fingerprint density at radius 2 is 1.96 bits per heavy atom. The van der Waals surface area contributed by atoms with Crippen LogP contribution < -0.4 is 10.1 Å². The van der Waals surface area contributed by atoms with Gasteiger partial charge in [0.2, 0.25) is 0 Å². The van der Waals surface area contributed by atoms with Crippen LogP contribution in [0.3, 0.4) is 0 Å². The molecule has 2 aromatic rings. The molecule has 2 aromatic carbocycles. The van der Waals surface area contributed by atoms with E-state index >= 15 is 0 Å². The Morgan fingerprint density at radius 3 is 2.62 bits per heavy atom. The van der Waals surface area contributed by atoms with E-state index in [0.717, 1.165) is 12.1 Å². The Morgan fingerprint density at radius 1 is 1.21 bits per heavy atom. The zero-order chi connectivity index (χ0) is 17.5. The lowest BCUT2D eigenvalue weighted by Gasteiger charge is -2.16. The fourth-order valence-electron chi connectivity index (χ4n) is 2.85. The molecule has 7 heteroatoms. The molecule has 0 saturated carbocycles. The minimum Gasteiger partial charge on any atom is -0.488 e. The summed E-state index contributed by atoms with van der Waals surface area (Å²) in [6.45, 7) is 0.540. The van der Waals surface area contributed by atoms with Crippen LogP contribution in [0.4, 0.5) is 13.2 Å². The molecule has 0 spiro atoms. The van der Waals surface area contributed by atoms with Gasteiger partial charge in [-0.3, -0.25) is 0 Å². The van der Waals surface area contributed by atoms with Gasteiger partial charge in [0.1, 0.15) is 11.9 Å². The molecular weight excluding hydrogens is 362 g/mol. The first-order valence-corrected chi connectivity index (χ1v) is 8.06. The van der Waals surface area contributed by atoms with E-state index in [4.69, 9.17) is 27.9 Å². The summed E-state index contributed by atoms with van der Waals surface area (Å²) in [6, 6.07) is 7.09. The molecule has 0 bridgehead atoms. The number of fused-ring (bicyclic) bond motifs is 1. The highest BCUT2D eigenvalue weighted by Crippen LogP contribution is 2.46. The Hall–Kier alpha value is -1.43. The molecule has 2 nitrogen and oxygen atoms in total. The minimum atomic E-state index is -4.45. The van der Waals surface area contributed by atoms with Crippen LogP contribution in [0.2, 0.25) is 10.0 Å². The molecule has 1 N–H and O–H groups in total. The van der Waals surface area contributed by atoms with Gasteiger partial charge in [0, 0.05) is 24.1 Å². The second kappa shape index (κ2) is 6.47. The third-order valence-corrected chi connectivity index (χ3v) is 4.72. The van der Waals surface area contributed by atoms with Gasteiger partial charge in [-0.05, 0) is 30.8 Å². The number of hydrogen-bond acceptors (Lipinski definition) is 2. The molecule has 1 unspecified atom stereocenters. The standard InChI is InChI=1S/C17H14Cl2F3NO/c1-23-8-11-6-9-5-10(17(20,21)22)7-13(16(9)24-11)12-3-2-4-14(18)15(12)19/h2-5,7,11,23H,6,8H2,1H3. The number of halogens is 5. The van der Waals surface area contributed by atoms with E-state index < -0.39 is 11.7 Å². The van der Waals surface area contributed by atoms with Gasteiger partial charge in [-0.15, -0.1) is 0 Å². The Kier molecular flexibility index (Phi) is 4.69. The summed E-state index contributed by atoms with van der Waals surface area (Å²) in [6.07, 6.45) is -4.26. The number of rotatable bonds is 3. The highest BCUT2D eigenvalue weighted by atomic mass is 35.5. The lowest BCUT2D eigenvalue weighted by molar-refractivity contribution is -0.137. The maximum atomic E-state index is 13.3. The number of alkyl halides is 3. The summed E-state index contributed by atoms with van der Waals surface area (Å²) in [5, 5.41) is 3.47. The summed E-state index contributed by atoms with van der Waals surface area (Å²) >= 11 is 12.2. The summed E-state index contributed by atoms with van der Waals surface area (Å²) in [7, 11) is 1.77. The second-order valence-corrected chi connectivity index (χ2v) is 6.40. The fraction of sp³-hybridized carbons (Fsp3) is 0.294. The van der Waals surface area contributed by atoms with E-state index in [9.17, 15) is 13.2 Å². The smallest absolute Gasteiger partial charge is 0.416 e. The van der Waals surface area contributed by atoms with Crippen molar-refractivity contribution >= 4 is 23.2 Å². The van der Waals surface area contributed by atoms with Gasteiger partial charge in [0.05, 0.1) is 15.6 Å². The first-order valence-electron chi connectivity index (χ1n) is 7.31. The zero-order valence-corrected chi connectivity index (χ0v) is 14.2. The van der Waals surface area contributed by atoms with Gasteiger partial charge in [-0.1, -0.05) is 35.3 Å². The predicted molar refractivity (Wildman–Crippen MR) is 88.9 cm³/mol. The monoisotopic (exact) mass is 375 g/mol. The lowest BCUT2D eigenvalue weighted by Crippen LogP contribution is -2.27. The molecule has 0 amide bonds. The van der Waals surface area contributed by atoms with Crippen LogP contribution in [-0.2, 0) is 12.6 Å². The molecule has 0 radical (unpaired) electrons. The third kappa shape index (κ3) is 3.21. The van der Waals surface area contributed by atoms with Crippen LogP contribution in [0, 0.1) is 0 Å². The van der Waals surface area contributed by atoms with Crippen LogP contribution in [0.5, 0.6) is 5.75 Å². The molecule has 1 aliphatic rings. The quantitative estimate of drug-likeness (QED) is 0.795. The lowest BCUT2D eigenvalue weighted by atomic mass is 9.97. The molecule has 0 aromatic heterocycles. The average molecular weight is 376 g/mol. The topological polar surface area (TPSA) is 21.3 Å². The highest BCUT2D eigenvalue weighted by Gasteiger charge is 2.35. The Labute approximate surface area is 147 Å². The molecule has 1 atom stereocenters. The summed E-state index contributed by atoms with van der Waals surface area (Å²) in [4.78, 5) is 0. The van der Waals surface area contributed by atoms with Gasteiger partial charge >= 0.3 is 6.18 Å². The van der Waals surface area contributed by atoms with Gasteiger partial charge in [-0.25, -0.2) is 0 Å². The highest BCUT2D eigenvalue weighted by molar-refractivity contribution is 6.43. The second-order valence-electron chi connectivity index (χ2n) is 5.61. The van der Waals surface area contributed by atoms with E-state index in [0.29, 0.717) is 35.4 Å². The first-order chi connectivity index (χ1) is 11.3. The average Bonchev–Trinajstić information content (AvgIpc) is 2.91. The van der Waals surface area contributed by atoms with Gasteiger partial charge < -0.3 is 10.1 Å². The SMILES string of the molecule is CNCC1Cc2cc(C(F)(F)F)cc(-c3cccc(Cl)c3Cl)c2O1. The van der Waals surface area contributed by atoms with E-state index in [1.807, 2.05) is 0 Å². The van der Waals surface area contributed by atoms with E-state index in [1.54, 1.807) is 25.2 Å². The predicted octanol–water partition coefficient (Wildman–Crippen LogP) is 5.20. The minimum absolute atomic E-state index is 0.210. The van der Waals surface area contributed by atoms with Crippen molar-refractivity contribution in [3.8, 4) is 16.9 Å². The van der Waals surface area contributed by atoms with Crippen LogP contribution in [0.15, 0.2) is 30.3 Å². The van der Waals surface area contributed by atoms with Crippen LogP contribution in [0.25, 0.3) is 11.1 Å². The molecule has 0 aliphatic carbocycles. The van der Waals surface area contributed by atoms with Gasteiger partial charge in [0.15, 0.2) is 0 Å². The summed E-state index contributed by atoms with van der Waals surface area (Å²) < 4.78 is 45.7. The van der Waals surface area contributed by atoms with Crippen molar-refractivity contribution in [3.63, 3.8) is 0 Å². The number of hydrogen-bond donors (Lipinski definition) is 1. The van der Waals surface area contributed by atoms with Crippen LogP contribution >= 0.6 is 23.2 Å². The van der Waals surface area contributed by atoms with Crippen molar-refractivity contribution in [2.24, 2.45) is 0 Å².